The van der Waals surface area contributed by atoms with Crippen molar-refractivity contribution in [2.75, 3.05) is 18.5 Å². The van der Waals surface area contributed by atoms with Crippen LogP contribution in [0.3, 0.4) is 0 Å². The van der Waals surface area contributed by atoms with Crippen LogP contribution in [0.25, 0.3) is 11.5 Å². The highest BCUT2D eigenvalue weighted by atomic mass is 32.1. The van der Waals surface area contributed by atoms with Crippen LogP contribution < -0.4 is 10.1 Å². The van der Waals surface area contributed by atoms with E-state index in [0.29, 0.717) is 42.4 Å². The van der Waals surface area contributed by atoms with Gasteiger partial charge in [-0.3, -0.25) is 14.9 Å². The van der Waals surface area contributed by atoms with Crippen molar-refractivity contribution in [2.45, 2.75) is 19.2 Å². The van der Waals surface area contributed by atoms with E-state index < -0.39 is 18.0 Å². The zero-order valence-corrected chi connectivity index (χ0v) is 17.3. The third-order valence-corrected chi connectivity index (χ3v) is 5.73. The number of carbonyl (C=O) groups excluding carboxylic acids is 2. The van der Waals surface area contributed by atoms with Crippen molar-refractivity contribution in [3.8, 4) is 17.2 Å². The number of ketones is 1. The van der Waals surface area contributed by atoms with Crippen LogP contribution in [0.2, 0.25) is 0 Å². The van der Waals surface area contributed by atoms with Gasteiger partial charge < -0.3 is 13.9 Å². The number of aromatic nitrogens is 1. The molecule has 1 amide bonds. The highest BCUT2D eigenvalue weighted by molar-refractivity contribution is 7.18. The van der Waals surface area contributed by atoms with E-state index >= 15 is 0 Å². The lowest BCUT2D eigenvalue weighted by molar-refractivity contribution is -0.274. The fourth-order valence-electron chi connectivity index (χ4n) is 3.27. The highest BCUT2D eigenvalue weighted by Gasteiger charge is 2.32. The largest absolute Gasteiger partial charge is 0.573 e. The van der Waals surface area contributed by atoms with Gasteiger partial charge >= 0.3 is 6.36 Å². The minimum absolute atomic E-state index is 0.0567. The number of furan rings is 1. The van der Waals surface area contributed by atoms with Gasteiger partial charge in [0.05, 0.1) is 6.26 Å². The Morgan fingerprint density at radius 2 is 1.94 bits per heavy atom. The molecule has 32 heavy (non-hydrogen) atoms. The van der Waals surface area contributed by atoms with Gasteiger partial charge in [-0.25, -0.2) is 4.98 Å². The van der Waals surface area contributed by atoms with Gasteiger partial charge in [-0.05, 0) is 43.2 Å². The van der Waals surface area contributed by atoms with Gasteiger partial charge in [0.25, 0.3) is 5.91 Å². The molecule has 0 atom stereocenters. The number of hydrogen-bond donors (Lipinski definition) is 1. The SMILES string of the molecule is O=C(Nc1nc(-c2ccco2)c(C(=O)C2CCOCC2)s1)c1cccc(OC(F)(F)F)c1. The van der Waals surface area contributed by atoms with Crippen LogP contribution in [0.15, 0.2) is 47.1 Å². The highest BCUT2D eigenvalue weighted by Crippen LogP contribution is 2.35. The summed E-state index contributed by atoms with van der Waals surface area (Å²) in [6.45, 7) is 0.983. The molecule has 0 saturated carbocycles. The first-order valence-corrected chi connectivity index (χ1v) is 10.5. The number of Topliss-reactive ketones (excluding diaryl/α,β-unsaturated/α-hetero) is 1. The third kappa shape index (κ3) is 5.17. The number of carbonyl (C=O) groups is 2. The molecule has 0 spiro atoms. The van der Waals surface area contributed by atoms with Gasteiger partial charge in [0.2, 0.25) is 0 Å². The molecule has 11 heteroatoms. The van der Waals surface area contributed by atoms with Crippen LogP contribution in [0.5, 0.6) is 5.75 Å². The van der Waals surface area contributed by atoms with Crippen molar-refractivity contribution in [3.05, 3.63) is 53.1 Å². The van der Waals surface area contributed by atoms with Crippen molar-refractivity contribution >= 4 is 28.2 Å². The number of benzene rings is 1. The standard InChI is InChI=1S/C21H17F3N2O5S/c22-21(23,24)31-14-4-1-3-13(11-14)19(28)26-20-25-16(15-5-2-8-30-15)18(32-20)17(27)12-6-9-29-10-7-12/h1-5,8,11-12H,6-7,9-10H2,(H,25,26,28). The fraction of sp³-hybridized carbons (Fsp3) is 0.286. The van der Waals surface area contributed by atoms with Crippen LogP contribution in [0.1, 0.15) is 32.9 Å². The van der Waals surface area contributed by atoms with E-state index in [-0.39, 0.29) is 22.4 Å². The van der Waals surface area contributed by atoms with Gasteiger partial charge in [0.15, 0.2) is 16.7 Å². The van der Waals surface area contributed by atoms with E-state index in [1.54, 1.807) is 12.1 Å². The van der Waals surface area contributed by atoms with Crippen LogP contribution >= 0.6 is 11.3 Å². The monoisotopic (exact) mass is 466 g/mol. The quantitative estimate of drug-likeness (QED) is 0.505. The topological polar surface area (TPSA) is 90.7 Å². The first-order chi connectivity index (χ1) is 15.3. The molecule has 4 rings (SSSR count). The molecule has 1 saturated heterocycles. The molecule has 1 N–H and O–H groups in total. The molecule has 7 nitrogen and oxygen atoms in total. The fourth-order valence-corrected chi connectivity index (χ4v) is 4.25. The summed E-state index contributed by atoms with van der Waals surface area (Å²) in [6, 6.07) is 7.98. The van der Waals surface area contributed by atoms with E-state index in [1.165, 1.54) is 18.4 Å². The molecule has 1 fully saturated rings. The molecule has 1 aliphatic rings. The number of ether oxygens (including phenoxy) is 2. The maximum absolute atomic E-state index is 13.1. The Morgan fingerprint density at radius 1 is 1.16 bits per heavy atom. The lowest BCUT2D eigenvalue weighted by Crippen LogP contribution is -2.23. The zero-order chi connectivity index (χ0) is 22.7. The molecular formula is C21H17F3N2O5S. The molecule has 1 aliphatic heterocycles. The van der Waals surface area contributed by atoms with Crippen molar-refractivity contribution in [3.63, 3.8) is 0 Å². The van der Waals surface area contributed by atoms with Crippen LogP contribution in [-0.2, 0) is 4.74 Å². The molecule has 2 aromatic heterocycles. The number of rotatable bonds is 6. The lowest BCUT2D eigenvalue weighted by atomic mass is 9.94. The van der Waals surface area contributed by atoms with E-state index in [0.717, 1.165) is 23.5 Å². The van der Waals surface area contributed by atoms with E-state index in [1.807, 2.05) is 0 Å². The Balaban J connectivity index is 1.58. The van der Waals surface area contributed by atoms with Gasteiger partial charge in [0.1, 0.15) is 16.3 Å². The average Bonchev–Trinajstić information content (AvgIpc) is 3.43. The Hall–Kier alpha value is -3.18. The van der Waals surface area contributed by atoms with Crippen LogP contribution in [0.4, 0.5) is 18.3 Å². The molecule has 3 heterocycles. The molecule has 3 aromatic rings. The van der Waals surface area contributed by atoms with Crippen molar-refractivity contribution in [2.24, 2.45) is 5.92 Å². The number of halogens is 3. The summed E-state index contributed by atoms with van der Waals surface area (Å²) in [5.74, 6) is -1.17. The number of alkyl halides is 3. The number of thiazole rings is 1. The van der Waals surface area contributed by atoms with Crippen LogP contribution in [-0.4, -0.2) is 36.3 Å². The minimum Gasteiger partial charge on any atom is -0.463 e. The van der Waals surface area contributed by atoms with Gasteiger partial charge in [-0.1, -0.05) is 17.4 Å². The van der Waals surface area contributed by atoms with Gasteiger partial charge in [0, 0.05) is 24.7 Å². The first kappa shape index (κ1) is 22.0. The molecule has 0 unspecified atom stereocenters. The number of nitrogens with zero attached hydrogens (tertiary/aromatic N) is 1. The number of amides is 1. The molecule has 1 aromatic carbocycles. The Labute approximate surface area is 184 Å². The summed E-state index contributed by atoms with van der Waals surface area (Å²) in [5.41, 5.74) is 0.250. The summed E-state index contributed by atoms with van der Waals surface area (Å²) in [5, 5.41) is 2.67. The second-order valence-corrected chi connectivity index (χ2v) is 7.95. The summed E-state index contributed by atoms with van der Waals surface area (Å²) >= 11 is 0.992. The smallest absolute Gasteiger partial charge is 0.463 e. The first-order valence-electron chi connectivity index (χ1n) is 9.64. The predicted molar refractivity (Wildman–Crippen MR) is 109 cm³/mol. The van der Waals surface area contributed by atoms with E-state index in [2.05, 4.69) is 15.0 Å². The van der Waals surface area contributed by atoms with E-state index in [4.69, 9.17) is 9.15 Å². The summed E-state index contributed by atoms with van der Waals surface area (Å²) in [6.07, 6.45) is -2.26. The molecule has 0 radical (unpaired) electrons. The summed E-state index contributed by atoms with van der Waals surface area (Å²) in [7, 11) is 0. The molecule has 0 aliphatic carbocycles. The van der Waals surface area contributed by atoms with Gasteiger partial charge in [-0.15, -0.1) is 13.2 Å². The second kappa shape index (κ2) is 9.13. The molecule has 0 bridgehead atoms. The molecular weight excluding hydrogens is 449 g/mol. The van der Waals surface area contributed by atoms with E-state index in [9.17, 15) is 22.8 Å². The Kier molecular flexibility index (Phi) is 6.28. The minimum atomic E-state index is -4.87. The van der Waals surface area contributed by atoms with Crippen LogP contribution in [0, 0.1) is 5.92 Å². The Bertz CT molecular complexity index is 1110. The zero-order valence-electron chi connectivity index (χ0n) is 16.5. The van der Waals surface area contributed by atoms with Gasteiger partial charge in [-0.2, -0.15) is 0 Å². The summed E-state index contributed by atoms with van der Waals surface area (Å²) < 4.78 is 51.9. The maximum atomic E-state index is 13.1. The third-order valence-electron chi connectivity index (χ3n) is 4.75. The second-order valence-electron chi connectivity index (χ2n) is 6.95. The van der Waals surface area contributed by atoms with Crippen molar-refractivity contribution in [1.29, 1.82) is 0 Å². The normalized spacial score (nSPS) is 14.8. The Morgan fingerprint density at radius 3 is 2.62 bits per heavy atom. The number of anilines is 1. The number of nitrogens with one attached hydrogen (secondary N) is 1. The van der Waals surface area contributed by atoms with Crippen molar-refractivity contribution in [1.82, 2.24) is 4.98 Å². The average molecular weight is 466 g/mol. The maximum Gasteiger partial charge on any atom is 0.573 e. The number of hydrogen-bond acceptors (Lipinski definition) is 7. The predicted octanol–water partition coefficient (Wildman–Crippen LogP) is 5.16. The summed E-state index contributed by atoms with van der Waals surface area (Å²) in [4.78, 5) is 30.4. The van der Waals surface area contributed by atoms with Crippen molar-refractivity contribution < 1.29 is 36.7 Å². The molecule has 168 valence electrons. The lowest BCUT2D eigenvalue weighted by Gasteiger charge is -2.20.